The maximum Gasteiger partial charge on any atom is 0.296 e. The monoisotopic (exact) mass is 720 g/mol. The quantitative estimate of drug-likeness (QED) is 0.154. The maximum absolute atomic E-state index is 14.6. The van der Waals surface area contributed by atoms with Crippen LogP contribution in [0.15, 0.2) is 136 Å². The molecule has 3 heterocycles. The number of furan rings is 1. The number of amides is 1. The molecule has 7 aromatic rings. The Balaban J connectivity index is 1.31. The Bertz CT molecular complexity index is 2540. The van der Waals surface area contributed by atoms with Crippen molar-refractivity contribution in [1.82, 2.24) is 18.9 Å². The maximum atomic E-state index is 14.6. The zero-order valence-corrected chi connectivity index (χ0v) is 29.5. The summed E-state index contributed by atoms with van der Waals surface area (Å²) in [4.78, 5) is 34.4. The molecule has 0 saturated carbocycles. The van der Waals surface area contributed by atoms with Crippen LogP contribution < -0.4 is 14.8 Å². The van der Waals surface area contributed by atoms with Crippen molar-refractivity contribution in [1.29, 1.82) is 0 Å². The number of aromatic nitrogens is 4. The van der Waals surface area contributed by atoms with Gasteiger partial charge in [-0.1, -0.05) is 72.3 Å². The van der Waals surface area contributed by atoms with Gasteiger partial charge in [0.1, 0.15) is 16.3 Å². The average Bonchev–Trinajstić information content (AvgIpc) is 3.84. The normalized spacial score (nSPS) is 11.6. The smallest absolute Gasteiger partial charge is 0.296 e. The molecule has 0 atom stereocenters. The molecule has 0 bridgehead atoms. The van der Waals surface area contributed by atoms with Crippen LogP contribution >= 0.6 is 11.6 Å². The Hall–Kier alpha value is -5.85. The Morgan fingerprint density at radius 1 is 0.902 bits per heavy atom. The predicted molar refractivity (Wildman–Crippen MR) is 197 cm³/mol. The third-order valence-electron chi connectivity index (χ3n) is 8.85. The predicted octanol–water partition coefficient (Wildman–Crippen LogP) is 6.80. The molecular weight excluding hydrogens is 688 g/mol. The van der Waals surface area contributed by atoms with Crippen molar-refractivity contribution in [2.45, 2.75) is 24.9 Å². The number of carbonyl (C=O) groups excluding carboxylic acids is 1. The second kappa shape index (κ2) is 13.5. The van der Waals surface area contributed by atoms with Crippen LogP contribution in [0.4, 0.5) is 11.6 Å². The third kappa shape index (κ3) is 6.13. The first-order valence-electron chi connectivity index (χ1n) is 16.0. The first kappa shape index (κ1) is 33.6. The van der Waals surface area contributed by atoms with Crippen molar-refractivity contribution in [2.75, 3.05) is 16.3 Å². The first-order valence-corrected chi connectivity index (χ1v) is 17.8. The minimum absolute atomic E-state index is 0.0107. The van der Waals surface area contributed by atoms with Crippen molar-refractivity contribution in [3.63, 3.8) is 0 Å². The molecule has 0 aliphatic heterocycles. The molecule has 0 fully saturated rings. The molecular formula is C38H33ClN6O5S. The van der Waals surface area contributed by atoms with E-state index in [1.807, 2.05) is 65.2 Å². The highest BCUT2D eigenvalue weighted by atomic mass is 35.5. The summed E-state index contributed by atoms with van der Waals surface area (Å²) in [5.41, 5.74) is 2.95. The molecule has 0 aliphatic rings. The van der Waals surface area contributed by atoms with Gasteiger partial charge in [0.25, 0.3) is 21.5 Å². The summed E-state index contributed by atoms with van der Waals surface area (Å²) in [6, 6.07) is 33.9. The molecule has 13 heteroatoms. The SMILES string of the molecule is Cc1c(N(C)S(=O)(=O)c2cc(C(=O)N(Cc3ccco3)c3nc4ccccc4n3Cc3ccccc3)ccc2Cl)c(=O)n(-c2ccccc2)n1C. The van der Waals surface area contributed by atoms with E-state index in [1.165, 1.54) is 41.1 Å². The Morgan fingerprint density at radius 2 is 1.59 bits per heavy atom. The van der Waals surface area contributed by atoms with E-state index in [1.54, 1.807) is 55.1 Å². The van der Waals surface area contributed by atoms with E-state index in [9.17, 15) is 18.0 Å². The second-order valence-corrected chi connectivity index (χ2v) is 14.3. The van der Waals surface area contributed by atoms with Gasteiger partial charge in [0, 0.05) is 19.7 Å². The van der Waals surface area contributed by atoms with Crippen LogP contribution in [0.25, 0.3) is 16.7 Å². The molecule has 0 N–H and O–H groups in total. The summed E-state index contributed by atoms with van der Waals surface area (Å²) in [6.45, 7) is 2.09. The Labute approximate surface area is 299 Å². The second-order valence-electron chi connectivity index (χ2n) is 12.0. The highest BCUT2D eigenvalue weighted by molar-refractivity contribution is 7.93. The topological polar surface area (TPSA) is 116 Å². The van der Waals surface area contributed by atoms with Crippen LogP contribution in [-0.2, 0) is 30.2 Å². The van der Waals surface area contributed by atoms with E-state index in [2.05, 4.69) is 0 Å². The number of fused-ring (bicyclic) bond motifs is 1. The summed E-state index contributed by atoms with van der Waals surface area (Å²) < 4.78 is 40.1. The number of hydrogen-bond acceptors (Lipinski definition) is 6. The number of sulfonamides is 1. The molecule has 0 saturated heterocycles. The fraction of sp³-hybridized carbons (Fsp3) is 0.132. The van der Waals surface area contributed by atoms with Crippen molar-refractivity contribution < 1.29 is 17.6 Å². The van der Waals surface area contributed by atoms with Gasteiger partial charge in [-0.05, 0) is 67.1 Å². The molecule has 7 rings (SSSR count). The Morgan fingerprint density at radius 3 is 2.29 bits per heavy atom. The van der Waals surface area contributed by atoms with Crippen molar-refractivity contribution >= 4 is 50.2 Å². The highest BCUT2D eigenvalue weighted by Crippen LogP contribution is 2.32. The molecule has 11 nitrogen and oxygen atoms in total. The van der Waals surface area contributed by atoms with E-state index in [-0.39, 0.29) is 27.7 Å². The summed E-state index contributed by atoms with van der Waals surface area (Å²) in [5, 5.41) is -0.107. The standard InChI is InChI=1S/C38H33ClN6O5S/c1-26-35(37(47)45(41(26)2)29-15-8-5-9-16-29)42(3)51(48,49)34-23-28(20-21-31(34)39)36(46)44(25-30-17-12-22-50-30)38-40-32-18-10-11-19-33(32)43(38)24-27-13-6-4-7-14-27/h4-23H,24-25H2,1-3H3. The largest absolute Gasteiger partial charge is 0.467 e. The lowest BCUT2D eigenvalue weighted by Gasteiger charge is -2.23. The fourth-order valence-corrected chi connectivity index (χ4v) is 7.90. The lowest BCUT2D eigenvalue weighted by molar-refractivity contribution is 0.0980. The number of para-hydroxylation sites is 3. The molecule has 0 radical (unpaired) electrons. The van der Waals surface area contributed by atoms with E-state index >= 15 is 0 Å². The molecule has 1 amide bonds. The van der Waals surface area contributed by atoms with Gasteiger partial charge in [-0.15, -0.1) is 0 Å². The van der Waals surface area contributed by atoms with E-state index in [0.717, 1.165) is 15.4 Å². The fourth-order valence-electron chi connectivity index (χ4n) is 6.16. The van der Waals surface area contributed by atoms with Gasteiger partial charge in [0.15, 0.2) is 0 Å². The van der Waals surface area contributed by atoms with Crippen LogP contribution in [0.5, 0.6) is 0 Å². The molecule has 258 valence electrons. The van der Waals surface area contributed by atoms with Gasteiger partial charge < -0.3 is 8.98 Å². The van der Waals surface area contributed by atoms with E-state index < -0.39 is 21.5 Å². The lowest BCUT2D eigenvalue weighted by Crippen LogP contribution is -2.34. The van der Waals surface area contributed by atoms with Crippen molar-refractivity contribution in [2.24, 2.45) is 7.05 Å². The number of benzene rings is 4. The van der Waals surface area contributed by atoms with Gasteiger partial charge in [-0.3, -0.25) is 23.5 Å². The van der Waals surface area contributed by atoms with Crippen molar-refractivity contribution in [3.8, 4) is 5.69 Å². The van der Waals surface area contributed by atoms with E-state index in [0.29, 0.717) is 35.2 Å². The summed E-state index contributed by atoms with van der Waals surface area (Å²) >= 11 is 6.56. The first-order chi connectivity index (χ1) is 24.6. The van der Waals surface area contributed by atoms with Gasteiger partial charge >= 0.3 is 0 Å². The minimum atomic E-state index is -4.45. The number of rotatable bonds is 10. The van der Waals surface area contributed by atoms with Gasteiger partial charge in [-0.25, -0.2) is 18.1 Å². The Kier molecular flexibility index (Phi) is 8.88. The van der Waals surface area contributed by atoms with Gasteiger partial charge in [0.05, 0.1) is 46.8 Å². The molecule has 0 spiro atoms. The van der Waals surface area contributed by atoms with Gasteiger partial charge in [0.2, 0.25) is 5.95 Å². The number of hydrogen-bond donors (Lipinski definition) is 0. The summed E-state index contributed by atoms with van der Waals surface area (Å²) in [6.07, 6.45) is 1.52. The number of imidazole rings is 1. The van der Waals surface area contributed by atoms with Crippen LogP contribution in [0, 0.1) is 6.92 Å². The number of halogens is 1. The van der Waals surface area contributed by atoms with Crippen LogP contribution in [0.2, 0.25) is 5.02 Å². The van der Waals surface area contributed by atoms with Crippen molar-refractivity contribution in [3.05, 3.63) is 159 Å². The summed E-state index contributed by atoms with van der Waals surface area (Å²) in [5.74, 6) is 0.311. The van der Waals surface area contributed by atoms with Crippen LogP contribution in [0.1, 0.15) is 27.4 Å². The zero-order valence-electron chi connectivity index (χ0n) is 28.0. The molecule has 3 aromatic heterocycles. The molecule has 4 aromatic carbocycles. The number of carbonyl (C=O) groups is 1. The van der Waals surface area contributed by atoms with Crippen LogP contribution in [-0.4, -0.2) is 40.3 Å². The third-order valence-corrected chi connectivity index (χ3v) is 11.1. The zero-order chi connectivity index (χ0) is 35.9. The molecule has 51 heavy (non-hydrogen) atoms. The minimum Gasteiger partial charge on any atom is -0.467 e. The number of anilines is 2. The van der Waals surface area contributed by atoms with Crippen LogP contribution in [0.3, 0.4) is 0 Å². The average molecular weight is 721 g/mol. The van der Waals surface area contributed by atoms with Gasteiger partial charge in [-0.2, -0.15) is 0 Å². The highest BCUT2D eigenvalue weighted by Gasteiger charge is 2.32. The van der Waals surface area contributed by atoms with E-state index in [4.69, 9.17) is 21.0 Å². The summed E-state index contributed by atoms with van der Waals surface area (Å²) in [7, 11) is -1.48. The molecule has 0 aliphatic carbocycles. The molecule has 0 unspecified atom stereocenters. The number of nitrogens with zero attached hydrogens (tertiary/aromatic N) is 6. The lowest BCUT2D eigenvalue weighted by atomic mass is 10.2.